The molecule has 3 atom stereocenters. The van der Waals surface area contributed by atoms with Gasteiger partial charge in [0.15, 0.2) is 12.4 Å². The smallest absolute Gasteiger partial charge is 0.306 e. The van der Waals surface area contributed by atoms with Crippen molar-refractivity contribution in [2.24, 2.45) is 5.92 Å². The van der Waals surface area contributed by atoms with Crippen molar-refractivity contribution in [1.82, 2.24) is 0 Å². The Morgan fingerprint density at radius 1 is 1.11 bits per heavy atom. The molecule has 1 heterocycles. The van der Waals surface area contributed by atoms with Crippen LogP contribution in [0.25, 0.3) is 0 Å². The summed E-state index contributed by atoms with van der Waals surface area (Å²) in [5.41, 5.74) is 1.87. The second-order valence-electron chi connectivity index (χ2n) is 6.97. The van der Waals surface area contributed by atoms with Gasteiger partial charge in [0.25, 0.3) is 0 Å². The van der Waals surface area contributed by atoms with Crippen LogP contribution in [0.2, 0.25) is 0 Å². The first kappa shape index (κ1) is 20.5. The van der Waals surface area contributed by atoms with Gasteiger partial charge in [0, 0.05) is 32.0 Å². The third-order valence-corrected chi connectivity index (χ3v) is 5.02. The topological polar surface area (TPSA) is 65.0 Å². The molecule has 0 amide bonds. The van der Waals surface area contributed by atoms with Gasteiger partial charge in [-0.3, -0.25) is 4.79 Å². The van der Waals surface area contributed by atoms with Crippen LogP contribution < -0.4 is 0 Å². The molecule has 2 aromatic carbocycles. The molecule has 0 saturated carbocycles. The molecule has 0 spiro atoms. The molecule has 150 valence electrons. The third-order valence-electron chi connectivity index (χ3n) is 5.02. The van der Waals surface area contributed by atoms with Gasteiger partial charge in [0.05, 0.1) is 6.10 Å². The number of aliphatic hydroxyl groups is 1. The maximum absolute atomic E-state index is 12.6. The summed E-state index contributed by atoms with van der Waals surface area (Å²) in [5.74, 6) is -0.291. The van der Waals surface area contributed by atoms with E-state index in [2.05, 4.69) is 0 Å². The Bertz CT molecular complexity index is 679. The molecular weight excluding hydrogens is 356 g/mol. The van der Waals surface area contributed by atoms with E-state index in [-0.39, 0.29) is 37.3 Å². The first-order valence-corrected chi connectivity index (χ1v) is 9.88. The predicted molar refractivity (Wildman–Crippen MR) is 106 cm³/mol. The lowest BCUT2D eigenvalue weighted by atomic mass is 9.98. The van der Waals surface area contributed by atoms with Crippen LogP contribution in [0.4, 0.5) is 0 Å². The normalized spacial score (nSPS) is 21.8. The summed E-state index contributed by atoms with van der Waals surface area (Å²) >= 11 is 0. The van der Waals surface area contributed by atoms with Crippen LogP contribution in [0, 0.1) is 5.92 Å². The first-order chi connectivity index (χ1) is 13.7. The minimum Gasteiger partial charge on any atom is -0.453 e. The minimum absolute atomic E-state index is 0.0107. The fourth-order valence-electron chi connectivity index (χ4n) is 3.58. The molecule has 5 heteroatoms. The molecule has 1 N–H and O–H groups in total. The van der Waals surface area contributed by atoms with Crippen molar-refractivity contribution in [3.05, 3.63) is 71.8 Å². The van der Waals surface area contributed by atoms with Crippen molar-refractivity contribution in [2.75, 3.05) is 13.2 Å². The highest BCUT2D eigenvalue weighted by Crippen LogP contribution is 2.31. The van der Waals surface area contributed by atoms with Gasteiger partial charge in [-0.05, 0) is 24.5 Å². The fourth-order valence-corrected chi connectivity index (χ4v) is 3.58. The van der Waals surface area contributed by atoms with Gasteiger partial charge in [-0.15, -0.1) is 0 Å². The molecule has 0 aromatic heterocycles. The van der Waals surface area contributed by atoms with E-state index >= 15 is 0 Å². The monoisotopic (exact) mass is 384 g/mol. The van der Waals surface area contributed by atoms with Gasteiger partial charge < -0.3 is 19.3 Å². The summed E-state index contributed by atoms with van der Waals surface area (Å²) in [4.78, 5) is 12.6. The maximum Gasteiger partial charge on any atom is 0.306 e. The highest BCUT2D eigenvalue weighted by Gasteiger charge is 2.35. The SMILES string of the molecule is CCOC1C[C@@H](CO)[C@@H](CCC(=O)OC(c2ccccc2)c2ccccc2)O1. The van der Waals surface area contributed by atoms with Crippen molar-refractivity contribution in [3.8, 4) is 0 Å². The molecule has 28 heavy (non-hydrogen) atoms. The van der Waals surface area contributed by atoms with E-state index in [1.165, 1.54) is 0 Å². The number of hydrogen-bond donors (Lipinski definition) is 1. The second-order valence-corrected chi connectivity index (χ2v) is 6.97. The van der Waals surface area contributed by atoms with Crippen LogP contribution in [-0.4, -0.2) is 36.7 Å². The van der Waals surface area contributed by atoms with Gasteiger partial charge in [0.1, 0.15) is 0 Å². The standard InChI is InChI=1S/C23H28O5/c1-2-26-22-15-19(16-24)20(27-22)13-14-21(25)28-23(17-9-5-3-6-10-17)18-11-7-4-8-12-18/h3-12,19-20,22-24H,2,13-16H2,1H3/t19-,20+,22?/m0/s1. The number of aliphatic hydroxyl groups excluding tert-OH is 1. The Morgan fingerprint density at radius 3 is 2.25 bits per heavy atom. The number of benzene rings is 2. The van der Waals surface area contributed by atoms with E-state index in [9.17, 15) is 9.90 Å². The minimum atomic E-state index is -0.441. The van der Waals surface area contributed by atoms with E-state index in [0.717, 1.165) is 11.1 Å². The molecule has 1 fully saturated rings. The van der Waals surface area contributed by atoms with E-state index in [1.54, 1.807) is 0 Å². The summed E-state index contributed by atoms with van der Waals surface area (Å²) in [6.07, 6.45) is 0.454. The highest BCUT2D eigenvalue weighted by atomic mass is 16.7. The summed E-state index contributed by atoms with van der Waals surface area (Å²) in [6.45, 7) is 2.50. The summed E-state index contributed by atoms with van der Waals surface area (Å²) in [7, 11) is 0. The van der Waals surface area contributed by atoms with Gasteiger partial charge in [-0.1, -0.05) is 60.7 Å². The maximum atomic E-state index is 12.6. The number of carbonyl (C=O) groups is 1. The number of ether oxygens (including phenoxy) is 3. The van der Waals surface area contributed by atoms with E-state index in [4.69, 9.17) is 14.2 Å². The average molecular weight is 384 g/mol. The Kier molecular flexibility index (Phi) is 7.60. The molecule has 1 aliphatic heterocycles. The number of hydrogen-bond acceptors (Lipinski definition) is 5. The van der Waals surface area contributed by atoms with E-state index in [1.807, 2.05) is 67.6 Å². The predicted octanol–water partition coefficient (Wildman–Crippen LogP) is 3.86. The third kappa shape index (κ3) is 5.41. The Morgan fingerprint density at radius 2 is 1.71 bits per heavy atom. The lowest BCUT2D eigenvalue weighted by Gasteiger charge is -2.20. The Labute approximate surface area is 166 Å². The number of carbonyl (C=O) groups excluding carboxylic acids is 1. The quantitative estimate of drug-likeness (QED) is 0.665. The zero-order valence-electron chi connectivity index (χ0n) is 16.2. The Balaban J connectivity index is 1.61. The lowest BCUT2D eigenvalue weighted by molar-refractivity contribution is -0.151. The number of esters is 1. The van der Waals surface area contributed by atoms with Crippen molar-refractivity contribution in [1.29, 1.82) is 0 Å². The molecule has 1 aliphatic rings. The largest absolute Gasteiger partial charge is 0.453 e. The summed E-state index contributed by atoms with van der Waals surface area (Å²) < 4.78 is 17.2. The van der Waals surface area contributed by atoms with Crippen LogP contribution in [0.15, 0.2) is 60.7 Å². The van der Waals surface area contributed by atoms with Crippen molar-refractivity contribution < 1.29 is 24.1 Å². The average Bonchev–Trinajstić information content (AvgIpc) is 3.14. The highest BCUT2D eigenvalue weighted by molar-refractivity contribution is 5.70. The molecular formula is C23H28O5. The molecule has 1 unspecified atom stereocenters. The van der Waals surface area contributed by atoms with Gasteiger partial charge in [-0.2, -0.15) is 0 Å². The lowest BCUT2D eigenvalue weighted by Crippen LogP contribution is -2.22. The zero-order valence-corrected chi connectivity index (χ0v) is 16.2. The Hall–Kier alpha value is -2.21. The molecule has 0 bridgehead atoms. The molecule has 1 saturated heterocycles. The van der Waals surface area contributed by atoms with Gasteiger partial charge >= 0.3 is 5.97 Å². The van der Waals surface area contributed by atoms with Gasteiger partial charge in [-0.25, -0.2) is 0 Å². The van der Waals surface area contributed by atoms with Crippen LogP contribution in [0.5, 0.6) is 0 Å². The second kappa shape index (κ2) is 10.4. The molecule has 3 rings (SSSR count). The van der Waals surface area contributed by atoms with Crippen molar-refractivity contribution in [3.63, 3.8) is 0 Å². The van der Waals surface area contributed by atoms with E-state index in [0.29, 0.717) is 19.4 Å². The summed E-state index contributed by atoms with van der Waals surface area (Å²) in [6, 6.07) is 19.5. The fraction of sp³-hybridized carbons (Fsp3) is 0.435. The van der Waals surface area contributed by atoms with Crippen molar-refractivity contribution in [2.45, 2.75) is 44.7 Å². The van der Waals surface area contributed by atoms with Crippen LogP contribution in [0.3, 0.4) is 0 Å². The summed E-state index contributed by atoms with van der Waals surface area (Å²) in [5, 5.41) is 9.58. The van der Waals surface area contributed by atoms with Gasteiger partial charge in [0.2, 0.25) is 0 Å². The van der Waals surface area contributed by atoms with Crippen LogP contribution >= 0.6 is 0 Å². The number of rotatable bonds is 9. The van der Waals surface area contributed by atoms with E-state index < -0.39 is 6.10 Å². The van der Waals surface area contributed by atoms with Crippen LogP contribution in [0.1, 0.15) is 43.4 Å². The molecule has 0 radical (unpaired) electrons. The first-order valence-electron chi connectivity index (χ1n) is 9.88. The molecule has 2 aromatic rings. The van der Waals surface area contributed by atoms with Crippen LogP contribution in [-0.2, 0) is 19.0 Å². The molecule has 5 nitrogen and oxygen atoms in total. The zero-order chi connectivity index (χ0) is 19.8. The van der Waals surface area contributed by atoms with Crippen molar-refractivity contribution >= 4 is 5.97 Å². The molecule has 0 aliphatic carbocycles.